The number of rotatable bonds is 6. The van der Waals surface area contributed by atoms with Crippen LogP contribution in [0.25, 0.3) is 0 Å². The largest absolute Gasteiger partial charge is 0.459 e. The van der Waals surface area contributed by atoms with Crippen LogP contribution >= 0.6 is 11.3 Å². The first kappa shape index (κ1) is 20.1. The molecule has 154 valence electrons. The van der Waals surface area contributed by atoms with Gasteiger partial charge >= 0.3 is 5.97 Å². The number of hydrogen-bond donors (Lipinski definition) is 0. The van der Waals surface area contributed by atoms with Gasteiger partial charge in [-0.1, -0.05) is 24.6 Å². The van der Waals surface area contributed by atoms with E-state index in [0.29, 0.717) is 23.2 Å². The average molecular weight is 413 g/mol. The van der Waals surface area contributed by atoms with Gasteiger partial charge in [-0.15, -0.1) is 11.3 Å². The van der Waals surface area contributed by atoms with Gasteiger partial charge in [-0.05, 0) is 62.0 Å². The van der Waals surface area contributed by atoms with Crippen molar-refractivity contribution in [2.75, 3.05) is 4.90 Å². The Hall–Kier alpha value is -2.21. The number of fused-ring (bicyclic) bond motifs is 2. The van der Waals surface area contributed by atoms with E-state index in [0.717, 1.165) is 28.7 Å². The molecule has 4 rings (SSSR count). The molecule has 2 aromatic rings. The van der Waals surface area contributed by atoms with Gasteiger partial charge < -0.3 is 4.74 Å². The van der Waals surface area contributed by atoms with Crippen LogP contribution in [0.1, 0.15) is 55.8 Å². The quantitative estimate of drug-likeness (QED) is 0.603. The highest BCUT2D eigenvalue weighted by molar-refractivity contribution is 7.14. The third kappa shape index (κ3) is 4.22. The summed E-state index contributed by atoms with van der Waals surface area (Å²) in [6.45, 7) is 5.69. The summed E-state index contributed by atoms with van der Waals surface area (Å²) in [6, 6.07) is 5.96. The normalized spacial score (nSPS) is 22.7. The molecule has 0 radical (unpaired) electrons. The number of para-hydroxylation sites is 1. The Morgan fingerprint density at radius 1 is 1.21 bits per heavy atom. The summed E-state index contributed by atoms with van der Waals surface area (Å²) in [5, 5.41) is 2.47. The van der Waals surface area contributed by atoms with Crippen LogP contribution in [0.5, 0.6) is 0 Å². The van der Waals surface area contributed by atoms with Crippen molar-refractivity contribution in [1.82, 2.24) is 4.98 Å². The fourth-order valence-corrected chi connectivity index (χ4v) is 5.92. The summed E-state index contributed by atoms with van der Waals surface area (Å²) in [4.78, 5) is 30.9. The van der Waals surface area contributed by atoms with E-state index < -0.39 is 0 Å². The predicted molar refractivity (Wildman–Crippen MR) is 114 cm³/mol. The van der Waals surface area contributed by atoms with Crippen molar-refractivity contribution in [3.8, 4) is 0 Å². The maximum absolute atomic E-state index is 12.4. The van der Waals surface area contributed by atoms with Crippen LogP contribution in [0.4, 0.5) is 10.8 Å². The van der Waals surface area contributed by atoms with Crippen molar-refractivity contribution >= 4 is 34.0 Å². The molecule has 0 spiro atoms. The number of esters is 1. The van der Waals surface area contributed by atoms with Crippen LogP contribution in [0.15, 0.2) is 23.6 Å². The van der Waals surface area contributed by atoms with Crippen molar-refractivity contribution in [3.63, 3.8) is 0 Å². The van der Waals surface area contributed by atoms with Gasteiger partial charge in [0.15, 0.2) is 5.13 Å². The smallest absolute Gasteiger partial charge is 0.306 e. The maximum Gasteiger partial charge on any atom is 0.306 e. The number of benzene rings is 1. The Bertz CT molecular complexity index is 902. The molecule has 5 nitrogen and oxygen atoms in total. The lowest BCUT2D eigenvalue weighted by atomic mass is 9.86. The second kappa shape index (κ2) is 8.27. The van der Waals surface area contributed by atoms with E-state index in [4.69, 9.17) is 4.74 Å². The number of carbonyl (C=O) groups is 2. The Labute approximate surface area is 176 Å². The first-order valence-electron chi connectivity index (χ1n) is 10.4. The molecular formula is C23H28N2O3S. The number of aryl methyl sites for hydroxylation is 2. The van der Waals surface area contributed by atoms with Gasteiger partial charge in [0.25, 0.3) is 0 Å². The lowest BCUT2D eigenvalue weighted by Crippen LogP contribution is -2.24. The van der Waals surface area contributed by atoms with E-state index in [1.54, 1.807) is 11.8 Å². The van der Waals surface area contributed by atoms with Crippen molar-refractivity contribution < 1.29 is 14.3 Å². The number of nitrogens with zero attached hydrogens (tertiary/aromatic N) is 2. The molecule has 1 heterocycles. The number of amides is 1. The van der Waals surface area contributed by atoms with Crippen LogP contribution in [0.2, 0.25) is 0 Å². The minimum atomic E-state index is -0.129. The van der Waals surface area contributed by atoms with Crippen LogP contribution in [0.3, 0.4) is 0 Å². The van der Waals surface area contributed by atoms with Crippen molar-refractivity contribution in [1.29, 1.82) is 0 Å². The highest BCUT2D eigenvalue weighted by atomic mass is 32.1. The summed E-state index contributed by atoms with van der Waals surface area (Å²) < 4.78 is 5.51. The predicted octanol–water partition coefficient (Wildman–Crippen LogP) is 5.31. The first-order valence-corrected chi connectivity index (χ1v) is 11.3. The SMILES string of the molecule is CC(=O)N(c1nc(COC(=O)C[C@H]2C[C@@H]3CC[C@@H]2C3)cs1)c1c(C)cccc1C. The Morgan fingerprint density at radius 3 is 2.59 bits per heavy atom. The average Bonchev–Trinajstić information content (AvgIpc) is 3.40. The van der Waals surface area contributed by atoms with E-state index in [1.165, 1.54) is 37.0 Å². The molecule has 2 bridgehead atoms. The molecule has 29 heavy (non-hydrogen) atoms. The summed E-state index contributed by atoms with van der Waals surface area (Å²) in [5.41, 5.74) is 3.60. The molecule has 2 saturated carbocycles. The second-order valence-electron chi connectivity index (χ2n) is 8.52. The summed E-state index contributed by atoms with van der Waals surface area (Å²) in [7, 11) is 0. The van der Waals surface area contributed by atoms with Crippen molar-refractivity contribution in [2.45, 2.75) is 59.5 Å². The monoisotopic (exact) mass is 412 g/mol. The number of hydrogen-bond acceptors (Lipinski definition) is 5. The highest BCUT2D eigenvalue weighted by Crippen LogP contribution is 2.49. The summed E-state index contributed by atoms with van der Waals surface area (Å²) in [5.74, 6) is 1.84. The molecule has 3 atom stereocenters. The summed E-state index contributed by atoms with van der Waals surface area (Å²) in [6.07, 6.45) is 5.62. The van der Waals surface area contributed by atoms with E-state index in [1.807, 2.05) is 37.4 Å². The molecule has 0 N–H and O–H groups in total. The zero-order valence-electron chi connectivity index (χ0n) is 17.3. The fourth-order valence-electron chi connectivity index (χ4n) is 5.07. The minimum absolute atomic E-state index is 0.0865. The van der Waals surface area contributed by atoms with Gasteiger partial charge in [0.1, 0.15) is 6.61 Å². The number of aromatic nitrogens is 1. The van der Waals surface area contributed by atoms with E-state index in [9.17, 15) is 9.59 Å². The van der Waals surface area contributed by atoms with Crippen molar-refractivity contribution in [3.05, 3.63) is 40.4 Å². The van der Waals surface area contributed by atoms with E-state index in [2.05, 4.69) is 4.98 Å². The lowest BCUT2D eigenvalue weighted by Gasteiger charge is -2.22. The molecule has 1 aromatic heterocycles. The molecule has 2 aliphatic rings. The van der Waals surface area contributed by atoms with E-state index in [-0.39, 0.29) is 18.5 Å². The Balaban J connectivity index is 1.40. The number of carbonyl (C=O) groups excluding carboxylic acids is 2. The van der Waals surface area contributed by atoms with E-state index >= 15 is 0 Å². The highest BCUT2D eigenvalue weighted by Gasteiger charge is 2.40. The molecule has 0 unspecified atom stereocenters. The van der Waals surface area contributed by atoms with Crippen LogP contribution < -0.4 is 4.90 Å². The van der Waals surface area contributed by atoms with Gasteiger partial charge in [-0.25, -0.2) is 4.98 Å². The third-order valence-electron chi connectivity index (χ3n) is 6.40. The van der Waals surface area contributed by atoms with Gasteiger partial charge in [0, 0.05) is 18.7 Å². The van der Waals surface area contributed by atoms with Gasteiger partial charge in [-0.3, -0.25) is 14.5 Å². The third-order valence-corrected chi connectivity index (χ3v) is 7.28. The molecule has 1 aromatic carbocycles. The van der Waals surface area contributed by atoms with Crippen molar-refractivity contribution in [2.24, 2.45) is 17.8 Å². The van der Waals surface area contributed by atoms with Crippen LogP contribution in [0, 0.1) is 31.6 Å². The topological polar surface area (TPSA) is 59.5 Å². The lowest BCUT2D eigenvalue weighted by molar-refractivity contribution is -0.146. The molecule has 2 aliphatic carbocycles. The number of thiazole rings is 1. The molecule has 1 amide bonds. The second-order valence-corrected chi connectivity index (χ2v) is 9.35. The standard InChI is InChI=1S/C23H28N2O3S/c1-14-5-4-6-15(2)22(14)25(16(3)26)23-24-20(13-29-23)12-28-21(27)11-19-10-17-7-8-18(19)9-17/h4-6,13,17-19H,7-12H2,1-3H3/t17-,18-,19-/m1/s1. The zero-order valence-corrected chi connectivity index (χ0v) is 18.1. The number of ether oxygens (including phenoxy) is 1. The van der Waals surface area contributed by atoms with Gasteiger partial charge in [0.05, 0.1) is 11.4 Å². The fraction of sp³-hybridized carbons (Fsp3) is 0.522. The molecule has 0 saturated heterocycles. The summed E-state index contributed by atoms with van der Waals surface area (Å²) >= 11 is 1.40. The molecule has 6 heteroatoms. The number of anilines is 2. The molecule has 0 aliphatic heterocycles. The van der Waals surface area contributed by atoms with Gasteiger partial charge in [-0.2, -0.15) is 0 Å². The Morgan fingerprint density at radius 2 is 1.97 bits per heavy atom. The van der Waals surface area contributed by atoms with Crippen LogP contribution in [-0.4, -0.2) is 16.9 Å². The molecular weight excluding hydrogens is 384 g/mol. The van der Waals surface area contributed by atoms with Crippen LogP contribution in [-0.2, 0) is 20.9 Å². The minimum Gasteiger partial charge on any atom is -0.459 e. The molecule has 2 fully saturated rings. The first-order chi connectivity index (χ1) is 13.9. The maximum atomic E-state index is 12.4. The Kier molecular flexibility index (Phi) is 5.72. The zero-order chi connectivity index (χ0) is 20.5. The van der Waals surface area contributed by atoms with Gasteiger partial charge in [0.2, 0.25) is 5.91 Å².